The molecule has 0 aliphatic carbocycles. The van der Waals surface area contributed by atoms with Crippen molar-refractivity contribution in [3.8, 4) is 0 Å². The van der Waals surface area contributed by atoms with Crippen molar-refractivity contribution in [1.29, 1.82) is 0 Å². The number of ether oxygens (including phenoxy) is 1. The third kappa shape index (κ3) is 6.86. The molecule has 0 aliphatic rings. The SMILES string of the molecule is COC(=O)[C@H](Cc1ccccc1)NC(=O)[C@@H](N)CCc1ccccc1.Cl. The molecule has 5 nitrogen and oxygen atoms in total. The van der Waals surface area contributed by atoms with Crippen LogP contribution >= 0.6 is 12.4 Å². The summed E-state index contributed by atoms with van der Waals surface area (Å²) in [5, 5.41) is 2.71. The van der Waals surface area contributed by atoms with Gasteiger partial charge in [0.25, 0.3) is 0 Å². The molecule has 0 aromatic heterocycles. The molecule has 2 aromatic carbocycles. The first-order valence-electron chi connectivity index (χ1n) is 8.31. The van der Waals surface area contributed by atoms with Gasteiger partial charge in [-0.3, -0.25) is 4.79 Å². The van der Waals surface area contributed by atoms with Crippen LogP contribution in [0.4, 0.5) is 0 Å². The Morgan fingerprint density at radius 1 is 1.00 bits per heavy atom. The van der Waals surface area contributed by atoms with Crippen LogP contribution in [0.1, 0.15) is 17.5 Å². The van der Waals surface area contributed by atoms with Gasteiger partial charge >= 0.3 is 5.97 Å². The fraction of sp³-hybridized carbons (Fsp3) is 0.300. The number of hydrogen-bond donors (Lipinski definition) is 2. The summed E-state index contributed by atoms with van der Waals surface area (Å²) < 4.78 is 4.80. The summed E-state index contributed by atoms with van der Waals surface area (Å²) in [6, 6.07) is 17.9. The second-order valence-electron chi connectivity index (χ2n) is 5.90. The molecular weight excluding hydrogens is 352 g/mol. The lowest BCUT2D eigenvalue weighted by Crippen LogP contribution is -2.49. The summed E-state index contributed by atoms with van der Waals surface area (Å²) in [7, 11) is 1.31. The molecule has 6 heteroatoms. The Bertz CT molecular complexity index is 680. The lowest BCUT2D eigenvalue weighted by molar-refractivity contribution is -0.145. The number of nitrogens with two attached hydrogens (primary N) is 1. The summed E-state index contributed by atoms with van der Waals surface area (Å²) in [6.07, 6.45) is 1.58. The number of aryl methyl sites for hydroxylation is 1. The number of rotatable bonds is 8. The average Bonchev–Trinajstić information content (AvgIpc) is 2.66. The van der Waals surface area contributed by atoms with E-state index in [1.54, 1.807) is 0 Å². The first-order chi connectivity index (χ1) is 12.1. The zero-order chi connectivity index (χ0) is 18.1. The highest BCUT2D eigenvalue weighted by Gasteiger charge is 2.24. The molecule has 3 N–H and O–H groups in total. The van der Waals surface area contributed by atoms with E-state index in [2.05, 4.69) is 5.32 Å². The Hall–Kier alpha value is -2.37. The number of carbonyl (C=O) groups excluding carboxylic acids is 2. The van der Waals surface area contributed by atoms with Gasteiger partial charge in [-0.05, 0) is 24.0 Å². The largest absolute Gasteiger partial charge is 0.467 e. The van der Waals surface area contributed by atoms with Gasteiger partial charge in [0, 0.05) is 6.42 Å². The Balaban J connectivity index is 0.00000338. The first kappa shape index (κ1) is 21.7. The van der Waals surface area contributed by atoms with E-state index in [4.69, 9.17) is 10.5 Å². The number of nitrogens with one attached hydrogen (secondary N) is 1. The van der Waals surface area contributed by atoms with Crippen LogP contribution < -0.4 is 11.1 Å². The van der Waals surface area contributed by atoms with Gasteiger partial charge in [-0.25, -0.2) is 4.79 Å². The summed E-state index contributed by atoms with van der Waals surface area (Å²) >= 11 is 0. The number of methoxy groups -OCH3 is 1. The monoisotopic (exact) mass is 376 g/mol. The summed E-state index contributed by atoms with van der Waals surface area (Å²) in [6.45, 7) is 0. The zero-order valence-electron chi connectivity index (χ0n) is 14.8. The van der Waals surface area contributed by atoms with Gasteiger partial charge in [0.2, 0.25) is 5.91 Å². The molecule has 0 radical (unpaired) electrons. The lowest BCUT2D eigenvalue weighted by atomic mass is 10.0. The van der Waals surface area contributed by atoms with Gasteiger partial charge in [0.15, 0.2) is 0 Å². The van der Waals surface area contributed by atoms with E-state index < -0.39 is 18.1 Å². The zero-order valence-corrected chi connectivity index (χ0v) is 15.6. The highest BCUT2D eigenvalue weighted by molar-refractivity contribution is 5.87. The van der Waals surface area contributed by atoms with E-state index in [1.807, 2.05) is 60.7 Å². The molecule has 0 fully saturated rings. The maximum Gasteiger partial charge on any atom is 0.328 e. The third-order valence-electron chi connectivity index (χ3n) is 4.01. The Labute approximate surface area is 160 Å². The number of benzene rings is 2. The fourth-order valence-corrected chi connectivity index (χ4v) is 2.56. The van der Waals surface area contributed by atoms with Crippen molar-refractivity contribution in [3.05, 3.63) is 71.8 Å². The van der Waals surface area contributed by atoms with Gasteiger partial charge in [-0.2, -0.15) is 0 Å². The molecule has 2 atom stereocenters. The van der Waals surface area contributed by atoms with Crippen LogP contribution in [0.25, 0.3) is 0 Å². The number of carbonyl (C=O) groups is 2. The molecule has 26 heavy (non-hydrogen) atoms. The minimum atomic E-state index is -0.748. The molecule has 140 valence electrons. The molecule has 0 saturated heterocycles. The molecular formula is C20H25ClN2O3. The number of halogens is 1. The van der Waals surface area contributed by atoms with Gasteiger partial charge in [-0.15, -0.1) is 12.4 Å². The minimum Gasteiger partial charge on any atom is -0.467 e. The highest BCUT2D eigenvalue weighted by Crippen LogP contribution is 2.07. The van der Waals surface area contributed by atoms with Crippen molar-refractivity contribution in [3.63, 3.8) is 0 Å². The Morgan fingerprint density at radius 3 is 2.08 bits per heavy atom. The predicted octanol–water partition coefficient (Wildman–Crippen LogP) is 2.27. The maximum atomic E-state index is 12.3. The van der Waals surface area contributed by atoms with Crippen LogP contribution in [0.3, 0.4) is 0 Å². The fourth-order valence-electron chi connectivity index (χ4n) is 2.56. The minimum absolute atomic E-state index is 0. The summed E-state index contributed by atoms with van der Waals surface area (Å²) in [5.74, 6) is -0.824. The smallest absolute Gasteiger partial charge is 0.328 e. The molecule has 0 unspecified atom stereocenters. The molecule has 2 rings (SSSR count). The van der Waals surface area contributed by atoms with E-state index in [0.717, 1.165) is 11.1 Å². The second-order valence-corrected chi connectivity index (χ2v) is 5.90. The van der Waals surface area contributed by atoms with Crippen LogP contribution in [-0.4, -0.2) is 31.1 Å². The molecule has 0 aliphatic heterocycles. The van der Waals surface area contributed by atoms with Crippen molar-refractivity contribution >= 4 is 24.3 Å². The molecule has 0 saturated carbocycles. The summed E-state index contributed by atoms with van der Waals surface area (Å²) in [4.78, 5) is 24.3. The van der Waals surface area contributed by atoms with Gasteiger partial charge in [0.1, 0.15) is 6.04 Å². The van der Waals surface area contributed by atoms with Crippen LogP contribution in [0.5, 0.6) is 0 Å². The van der Waals surface area contributed by atoms with E-state index in [-0.39, 0.29) is 18.3 Å². The van der Waals surface area contributed by atoms with Crippen molar-refractivity contribution in [1.82, 2.24) is 5.32 Å². The van der Waals surface area contributed by atoms with Crippen LogP contribution in [-0.2, 0) is 27.2 Å². The normalized spacial score (nSPS) is 12.4. The van der Waals surface area contributed by atoms with Crippen LogP contribution in [0.15, 0.2) is 60.7 Å². The molecule has 0 spiro atoms. The van der Waals surface area contributed by atoms with Crippen molar-refractivity contribution < 1.29 is 14.3 Å². The quantitative estimate of drug-likeness (QED) is 0.692. The van der Waals surface area contributed by atoms with Crippen molar-refractivity contribution in [2.24, 2.45) is 5.73 Å². The lowest BCUT2D eigenvalue weighted by Gasteiger charge is -2.19. The van der Waals surface area contributed by atoms with Crippen molar-refractivity contribution in [2.75, 3.05) is 7.11 Å². The third-order valence-corrected chi connectivity index (χ3v) is 4.01. The van der Waals surface area contributed by atoms with Crippen molar-refractivity contribution in [2.45, 2.75) is 31.3 Å². The highest BCUT2D eigenvalue weighted by atomic mass is 35.5. The predicted molar refractivity (Wildman–Crippen MR) is 104 cm³/mol. The molecule has 2 aromatic rings. The van der Waals surface area contributed by atoms with E-state index >= 15 is 0 Å². The van der Waals surface area contributed by atoms with E-state index in [9.17, 15) is 9.59 Å². The topological polar surface area (TPSA) is 81.4 Å². The maximum absolute atomic E-state index is 12.3. The molecule has 1 amide bonds. The van der Waals surface area contributed by atoms with E-state index in [0.29, 0.717) is 19.3 Å². The standard InChI is InChI=1S/C20H24N2O3.ClH/c1-25-20(24)18(14-16-10-6-3-7-11-16)22-19(23)17(21)13-12-15-8-4-2-5-9-15;/h2-11,17-18H,12-14,21H2,1H3,(H,22,23);1H/t17-,18-;/m0./s1. The molecule has 0 bridgehead atoms. The second kappa shape index (κ2) is 11.3. The van der Waals surface area contributed by atoms with Gasteiger partial charge in [0.05, 0.1) is 13.2 Å². The first-order valence-corrected chi connectivity index (χ1v) is 8.31. The van der Waals surface area contributed by atoms with Gasteiger partial charge < -0.3 is 15.8 Å². The number of esters is 1. The van der Waals surface area contributed by atoms with E-state index in [1.165, 1.54) is 7.11 Å². The Kier molecular flexibility index (Phi) is 9.41. The van der Waals surface area contributed by atoms with Gasteiger partial charge in [-0.1, -0.05) is 60.7 Å². The van der Waals surface area contributed by atoms with Crippen LogP contribution in [0.2, 0.25) is 0 Å². The average molecular weight is 377 g/mol. The summed E-state index contributed by atoms with van der Waals surface area (Å²) in [5.41, 5.74) is 8.05. The van der Waals surface area contributed by atoms with Crippen LogP contribution in [0, 0.1) is 0 Å². The Morgan fingerprint density at radius 2 is 1.54 bits per heavy atom. The number of amides is 1. The molecule has 0 heterocycles. The number of hydrogen-bond acceptors (Lipinski definition) is 4.